The molecule has 2 aliphatic rings. The molecule has 0 radical (unpaired) electrons. The fraction of sp³-hybridized carbons (Fsp3) is 0.571. The Morgan fingerprint density at radius 3 is 2.87 bits per heavy atom. The quantitative estimate of drug-likeness (QED) is 0.695. The number of aryl methyl sites for hydroxylation is 1. The lowest BCUT2D eigenvalue weighted by Gasteiger charge is -2.10. The van der Waals surface area contributed by atoms with Gasteiger partial charge in [0.25, 0.3) is 0 Å². The molecular formula is C14H19N. The number of benzene rings is 1. The van der Waals surface area contributed by atoms with Gasteiger partial charge in [0.05, 0.1) is 0 Å². The van der Waals surface area contributed by atoms with Gasteiger partial charge in [-0.15, -0.1) is 0 Å². The van der Waals surface area contributed by atoms with Gasteiger partial charge in [-0.25, -0.2) is 0 Å². The van der Waals surface area contributed by atoms with E-state index in [1.54, 1.807) is 11.1 Å². The minimum Gasteiger partial charge on any atom is -0.398 e. The Morgan fingerprint density at radius 1 is 1.20 bits per heavy atom. The van der Waals surface area contributed by atoms with Gasteiger partial charge in [0, 0.05) is 5.69 Å². The zero-order chi connectivity index (χ0) is 10.4. The van der Waals surface area contributed by atoms with Crippen LogP contribution < -0.4 is 5.73 Å². The van der Waals surface area contributed by atoms with Crippen LogP contribution in [0.2, 0.25) is 0 Å². The summed E-state index contributed by atoms with van der Waals surface area (Å²) in [7, 11) is 0. The second-order valence-corrected chi connectivity index (χ2v) is 5.10. The minimum atomic E-state index is 0.852. The van der Waals surface area contributed by atoms with Crippen molar-refractivity contribution in [2.45, 2.75) is 45.4 Å². The Labute approximate surface area is 91.7 Å². The molecule has 0 amide bonds. The summed E-state index contributed by atoms with van der Waals surface area (Å²) in [5, 5.41) is 0. The van der Waals surface area contributed by atoms with Gasteiger partial charge in [-0.1, -0.05) is 19.4 Å². The molecular weight excluding hydrogens is 182 g/mol. The van der Waals surface area contributed by atoms with E-state index in [4.69, 9.17) is 5.73 Å². The molecule has 0 aliphatic heterocycles. The molecule has 1 nitrogen and oxygen atoms in total. The molecule has 2 aliphatic carbocycles. The Morgan fingerprint density at radius 2 is 2.07 bits per heavy atom. The first-order chi connectivity index (χ1) is 7.29. The maximum Gasteiger partial charge on any atom is 0.0384 e. The number of rotatable bonds is 1. The summed E-state index contributed by atoms with van der Waals surface area (Å²) < 4.78 is 0. The van der Waals surface area contributed by atoms with E-state index in [9.17, 15) is 0 Å². The van der Waals surface area contributed by atoms with Crippen molar-refractivity contribution in [3.8, 4) is 0 Å². The van der Waals surface area contributed by atoms with E-state index in [2.05, 4.69) is 13.0 Å². The topological polar surface area (TPSA) is 26.0 Å². The van der Waals surface area contributed by atoms with Crippen LogP contribution >= 0.6 is 0 Å². The van der Waals surface area contributed by atoms with E-state index in [1.165, 1.54) is 49.7 Å². The second kappa shape index (κ2) is 3.26. The fourth-order valence-corrected chi connectivity index (χ4v) is 3.27. The number of anilines is 1. The van der Waals surface area contributed by atoms with Crippen molar-refractivity contribution in [2.24, 2.45) is 5.92 Å². The first-order valence-electron chi connectivity index (χ1n) is 6.21. The molecule has 0 spiro atoms. The third-order valence-corrected chi connectivity index (χ3v) is 4.23. The smallest absolute Gasteiger partial charge is 0.0384 e. The number of fused-ring (bicyclic) bond motifs is 2. The summed E-state index contributed by atoms with van der Waals surface area (Å²) in [5.41, 5.74) is 13.5. The molecule has 15 heavy (non-hydrogen) atoms. The van der Waals surface area contributed by atoms with Crippen LogP contribution in [0.25, 0.3) is 0 Å². The van der Waals surface area contributed by atoms with Crippen LogP contribution in [-0.2, 0) is 25.7 Å². The van der Waals surface area contributed by atoms with E-state index < -0.39 is 0 Å². The Balaban J connectivity index is 2.09. The molecule has 3 rings (SSSR count). The number of nitrogens with two attached hydrogens (primary N) is 1. The predicted octanol–water partition coefficient (Wildman–Crippen LogP) is 2.88. The van der Waals surface area contributed by atoms with Gasteiger partial charge in [0.1, 0.15) is 0 Å². The van der Waals surface area contributed by atoms with Crippen LogP contribution in [0.15, 0.2) is 6.07 Å². The van der Waals surface area contributed by atoms with Crippen LogP contribution in [0.5, 0.6) is 0 Å². The largest absolute Gasteiger partial charge is 0.398 e. The van der Waals surface area contributed by atoms with Crippen molar-refractivity contribution >= 4 is 5.69 Å². The highest BCUT2D eigenvalue weighted by Crippen LogP contribution is 2.39. The summed E-state index contributed by atoms with van der Waals surface area (Å²) in [6.45, 7) is 2.29. The normalized spacial score (nSPS) is 22.9. The van der Waals surface area contributed by atoms with E-state index >= 15 is 0 Å². The molecule has 1 aromatic rings. The van der Waals surface area contributed by atoms with Gasteiger partial charge in [-0.05, 0) is 60.3 Å². The highest BCUT2D eigenvalue weighted by molar-refractivity contribution is 5.63. The van der Waals surface area contributed by atoms with Crippen LogP contribution in [0.3, 0.4) is 0 Å². The molecule has 0 bridgehead atoms. The van der Waals surface area contributed by atoms with Crippen LogP contribution in [-0.4, -0.2) is 0 Å². The Kier molecular flexibility index (Phi) is 2.01. The average molecular weight is 201 g/mol. The number of hydrogen-bond acceptors (Lipinski definition) is 1. The zero-order valence-corrected chi connectivity index (χ0v) is 9.47. The third kappa shape index (κ3) is 1.29. The molecule has 2 N–H and O–H groups in total. The van der Waals surface area contributed by atoms with Crippen molar-refractivity contribution < 1.29 is 0 Å². The van der Waals surface area contributed by atoms with Crippen molar-refractivity contribution in [2.75, 3.05) is 5.73 Å². The van der Waals surface area contributed by atoms with Gasteiger partial charge in [0.15, 0.2) is 0 Å². The van der Waals surface area contributed by atoms with E-state index in [-0.39, 0.29) is 0 Å². The lowest BCUT2D eigenvalue weighted by Crippen LogP contribution is -2.00. The van der Waals surface area contributed by atoms with Gasteiger partial charge in [0.2, 0.25) is 0 Å². The second-order valence-electron chi connectivity index (χ2n) is 5.10. The first kappa shape index (κ1) is 9.26. The molecule has 0 aromatic heterocycles. The average Bonchev–Trinajstić information content (AvgIpc) is 2.83. The third-order valence-electron chi connectivity index (χ3n) is 4.23. The molecule has 0 saturated heterocycles. The first-order valence-corrected chi connectivity index (χ1v) is 6.21. The summed E-state index contributed by atoms with van der Waals surface area (Å²) in [6.07, 6.45) is 7.56. The molecule has 0 heterocycles. The Hall–Kier alpha value is -0.980. The molecule has 0 fully saturated rings. The highest BCUT2D eigenvalue weighted by atomic mass is 14.6. The monoisotopic (exact) mass is 201 g/mol. The van der Waals surface area contributed by atoms with Crippen molar-refractivity contribution in [1.29, 1.82) is 0 Å². The van der Waals surface area contributed by atoms with Crippen molar-refractivity contribution in [3.05, 3.63) is 28.3 Å². The maximum atomic E-state index is 6.30. The van der Waals surface area contributed by atoms with Crippen LogP contribution in [0.1, 0.15) is 42.0 Å². The van der Waals surface area contributed by atoms with Crippen LogP contribution in [0, 0.1) is 5.92 Å². The molecule has 1 aromatic carbocycles. The SMILES string of the molecule is CCC1Cc2cc3c(c(N)c2C1)CCC3. The maximum absolute atomic E-state index is 6.30. The van der Waals surface area contributed by atoms with Crippen molar-refractivity contribution in [1.82, 2.24) is 0 Å². The summed E-state index contributed by atoms with van der Waals surface area (Å²) >= 11 is 0. The number of nitrogen functional groups attached to an aromatic ring is 1. The predicted molar refractivity (Wildman–Crippen MR) is 64.1 cm³/mol. The van der Waals surface area contributed by atoms with Gasteiger partial charge < -0.3 is 5.73 Å². The zero-order valence-electron chi connectivity index (χ0n) is 9.47. The molecule has 0 saturated carbocycles. The van der Waals surface area contributed by atoms with E-state index in [0.29, 0.717) is 0 Å². The van der Waals surface area contributed by atoms with E-state index in [1.807, 2.05) is 0 Å². The van der Waals surface area contributed by atoms with Gasteiger partial charge >= 0.3 is 0 Å². The lowest BCUT2D eigenvalue weighted by molar-refractivity contribution is 0.543. The lowest BCUT2D eigenvalue weighted by atomic mass is 9.99. The molecule has 80 valence electrons. The number of hydrogen-bond donors (Lipinski definition) is 1. The Bertz CT molecular complexity index is 406. The highest BCUT2D eigenvalue weighted by Gasteiger charge is 2.26. The van der Waals surface area contributed by atoms with Gasteiger partial charge in [-0.2, -0.15) is 0 Å². The minimum absolute atomic E-state index is 0.852. The summed E-state index contributed by atoms with van der Waals surface area (Å²) in [4.78, 5) is 0. The van der Waals surface area contributed by atoms with Gasteiger partial charge in [-0.3, -0.25) is 0 Å². The molecule has 1 heteroatoms. The molecule has 1 atom stereocenters. The molecule has 1 unspecified atom stereocenters. The van der Waals surface area contributed by atoms with Crippen molar-refractivity contribution in [3.63, 3.8) is 0 Å². The van der Waals surface area contributed by atoms with E-state index in [0.717, 1.165) is 11.6 Å². The summed E-state index contributed by atoms with van der Waals surface area (Å²) in [5.74, 6) is 0.852. The standard InChI is InChI=1S/C14H19N/c1-2-9-6-11-8-10-4-3-5-12(10)14(15)13(11)7-9/h8-9H,2-7,15H2,1H3. The van der Waals surface area contributed by atoms with Crippen LogP contribution in [0.4, 0.5) is 5.69 Å². The summed E-state index contributed by atoms with van der Waals surface area (Å²) in [6, 6.07) is 2.45. The fourth-order valence-electron chi connectivity index (χ4n) is 3.27.